The summed E-state index contributed by atoms with van der Waals surface area (Å²) in [5, 5.41) is 4.94. The topological polar surface area (TPSA) is 39.9 Å². The van der Waals surface area contributed by atoms with Crippen molar-refractivity contribution < 1.29 is 4.74 Å². The molecule has 0 N–H and O–H groups in total. The van der Waals surface area contributed by atoms with E-state index in [0.717, 1.165) is 21.1 Å². The monoisotopic (exact) mass is 313 g/mol. The molecule has 2 rings (SSSR count). The molecule has 0 bridgehead atoms. The molecule has 0 spiro atoms. The first kappa shape index (κ1) is 12.4. The second-order valence-corrected chi connectivity index (χ2v) is 5.22. The van der Waals surface area contributed by atoms with Crippen molar-refractivity contribution in [3.8, 4) is 5.75 Å². The van der Waals surface area contributed by atoms with Crippen LogP contribution in [-0.2, 0) is 12.8 Å². The molecular formula is C11H12BrN3OS. The van der Waals surface area contributed by atoms with Gasteiger partial charge in [-0.3, -0.25) is 0 Å². The Morgan fingerprint density at radius 3 is 2.88 bits per heavy atom. The molecule has 0 saturated heterocycles. The van der Waals surface area contributed by atoms with Gasteiger partial charge < -0.3 is 4.74 Å². The fourth-order valence-corrected chi connectivity index (χ4v) is 2.78. The Morgan fingerprint density at radius 2 is 2.29 bits per heavy atom. The molecule has 0 saturated carbocycles. The molecule has 0 amide bonds. The average molecular weight is 314 g/mol. The lowest BCUT2D eigenvalue weighted by molar-refractivity contribution is 0.412. The highest BCUT2D eigenvalue weighted by Gasteiger charge is 2.04. The van der Waals surface area contributed by atoms with Gasteiger partial charge in [0, 0.05) is 12.8 Å². The third-order valence-electron chi connectivity index (χ3n) is 2.25. The molecule has 0 aliphatic rings. The summed E-state index contributed by atoms with van der Waals surface area (Å²) in [7, 11) is 3.55. The Kier molecular flexibility index (Phi) is 4.06. The quantitative estimate of drug-likeness (QED) is 0.814. The highest BCUT2D eigenvalue weighted by molar-refractivity contribution is 9.10. The summed E-state index contributed by atoms with van der Waals surface area (Å²) in [4.78, 5) is 4.17. The Balaban J connectivity index is 2.05. The van der Waals surface area contributed by atoms with Gasteiger partial charge in [0.1, 0.15) is 12.1 Å². The van der Waals surface area contributed by atoms with E-state index in [0.29, 0.717) is 0 Å². The SMILES string of the molecule is COc1ccc(CSc2ncnn2C)cc1Br. The minimum absolute atomic E-state index is 0.845. The molecule has 17 heavy (non-hydrogen) atoms. The van der Waals surface area contributed by atoms with Crippen molar-refractivity contribution in [3.05, 3.63) is 34.6 Å². The number of aromatic nitrogens is 3. The fourth-order valence-electron chi connectivity index (χ4n) is 1.36. The van der Waals surface area contributed by atoms with Gasteiger partial charge in [0.25, 0.3) is 0 Å². The molecule has 0 unspecified atom stereocenters. The number of methoxy groups -OCH3 is 1. The van der Waals surface area contributed by atoms with Crippen molar-refractivity contribution in [2.75, 3.05) is 7.11 Å². The van der Waals surface area contributed by atoms with E-state index in [1.54, 1.807) is 29.9 Å². The van der Waals surface area contributed by atoms with E-state index in [-0.39, 0.29) is 0 Å². The minimum Gasteiger partial charge on any atom is -0.496 e. The smallest absolute Gasteiger partial charge is 0.186 e. The summed E-state index contributed by atoms with van der Waals surface area (Å²) in [6, 6.07) is 6.06. The number of rotatable bonds is 4. The zero-order valence-electron chi connectivity index (χ0n) is 9.55. The third kappa shape index (κ3) is 3.01. The maximum absolute atomic E-state index is 5.19. The number of halogens is 1. The Labute approximate surface area is 113 Å². The molecular weight excluding hydrogens is 302 g/mol. The fraction of sp³-hybridized carbons (Fsp3) is 0.273. The number of aryl methyl sites for hydroxylation is 1. The van der Waals surface area contributed by atoms with Crippen LogP contribution < -0.4 is 4.74 Å². The van der Waals surface area contributed by atoms with Crippen LogP contribution in [0.3, 0.4) is 0 Å². The summed E-state index contributed by atoms with van der Waals surface area (Å²) in [6.45, 7) is 0. The van der Waals surface area contributed by atoms with Crippen molar-refractivity contribution in [1.29, 1.82) is 0 Å². The molecule has 1 aromatic heterocycles. The van der Waals surface area contributed by atoms with Crippen LogP contribution in [0.4, 0.5) is 0 Å². The zero-order chi connectivity index (χ0) is 12.3. The number of hydrogen-bond donors (Lipinski definition) is 0. The van der Waals surface area contributed by atoms with Crippen molar-refractivity contribution in [2.45, 2.75) is 10.9 Å². The van der Waals surface area contributed by atoms with E-state index >= 15 is 0 Å². The predicted molar refractivity (Wildman–Crippen MR) is 71.3 cm³/mol. The van der Waals surface area contributed by atoms with Gasteiger partial charge in [-0.1, -0.05) is 17.8 Å². The maximum atomic E-state index is 5.19. The molecule has 6 heteroatoms. The van der Waals surface area contributed by atoms with Gasteiger partial charge in [0.2, 0.25) is 0 Å². The van der Waals surface area contributed by atoms with Gasteiger partial charge in [-0.15, -0.1) is 0 Å². The number of nitrogens with zero attached hydrogens (tertiary/aromatic N) is 3. The second-order valence-electron chi connectivity index (χ2n) is 3.42. The average Bonchev–Trinajstić information content (AvgIpc) is 2.72. The standard InChI is InChI=1S/C11H12BrN3OS/c1-15-11(13-7-14-15)17-6-8-3-4-10(16-2)9(12)5-8/h3-5,7H,6H2,1-2H3. The number of thioether (sulfide) groups is 1. The molecule has 90 valence electrons. The van der Waals surface area contributed by atoms with E-state index in [1.807, 2.05) is 19.2 Å². The first-order valence-electron chi connectivity index (χ1n) is 5.00. The first-order chi connectivity index (χ1) is 8.20. The second kappa shape index (κ2) is 5.55. The van der Waals surface area contributed by atoms with E-state index in [1.165, 1.54) is 5.56 Å². The maximum Gasteiger partial charge on any atom is 0.186 e. The van der Waals surface area contributed by atoms with Crippen LogP contribution in [0.1, 0.15) is 5.56 Å². The molecule has 0 atom stereocenters. The van der Waals surface area contributed by atoms with Crippen LogP contribution in [-0.4, -0.2) is 21.9 Å². The summed E-state index contributed by atoms with van der Waals surface area (Å²) in [6.07, 6.45) is 1.56. The molecule has 1 aromatic carbocycles. The van der Waals surface area contributed by atoms with Gasteiger partial charge in [-0.25, -0.2) is 9.67 Å². The van der Waals surface area contributed by atoms with Crippen LogP contribution in [0.2, 0.25) is 0 Å². The summed E-state index contributed by atoms with van der Waals surface area (Å²) in [5.41, 5.74) is 1.21. The molecule has 0 radical (unpaired) electrons. The molecule has 4 nitrogen and oxygen atoms in total. The van der Waals surface area contributed by atoms with Gasteiger partial charge >= 0.3 is 0 Å². The summed E-state index contributed by atoms with van der Waals surface area (Å²) in [5.74, 6) is 1.70. The van der Waals surface area contributed by atoms with Crippen LogP contribution >= 0.6 is 27.7 Å². The Hall–Kier alpha value is -1.01. The summed E-state index contributed by atoms with van der Waals surface area (Å²) < 4.78 is 7.92. The first-order valence-corrected chi connectivity index (χ1v) is 6.78. The zero-order valence-corrected chi connectivity index (χ0v) is 12.0. The van der Waals surface area contributed by atoms with Crippen molar-refractivity contribution in [3.63, 3.8) is 0 Å². The molecule has 0 fully saturated rings. The molecule has 0 aliphatic carbocycles. The van der Waals surface area contributed by atoms with Crippen LogP contribution in [0.5, 0.6) is 5.75 Å². The van der Waals surface area contributed by atoms with E-state index in [9.17, 15) is 0 Å². The Bertz CT molecular complexity index is 515. The van der Waals surface area contributed by atoms with Gasteiger partial charge in [0.05, 0.1) is 11.6 Å². The van der Waals surface area contributed by atoms with Gasteiger partial charge in [-0.05, 0) is 33.6 Å². The van der Waals surface area contributed by atoms with E-state index in [2.05, 4.69) is 32.1 Å². The summed E-state index contributed by atoms with van der Waals surface area (Å²) >= 11 is 5.13. The third-order valence-corrected chi connectivity index (χ3v) is 3.98. The van der Waals surface area contributed by atoms with Crippen molar-refractivity contribution in [1.82, 2.24) is 14.8 Å². The predicted octanol–water partition coefficient (Wildman–Crippen LogP) is 2.88. The Morgan fingerprint density at radius 1 is 1.47 bits per heavy atom. The molecule has 2 aromatic rings. The number of ether oxygens (including phenoxy) is 1. The number of hydrogen-bond acceptors (Lipinski definition) is 4. The highest BCUT2D eigenvalue weighted by atomic mass is 79.9. The van der Waals surface area contributed by atoms with Crippen LogP contribution in [0.25, 0.3) is 0 Å². The van der Waals surface area contributed by atoms with Gasteiger partial charge in [-0.2, -0.15) is 5.10 Å². The van der Waals surface area contributed by atoms with Crippen LogP contribution in [0, 0.1) is 0 Å². The lowest BCUT2D eigenvalue weighted by Crippen LogP contribution is -1.93. The van der Waals surface area contributed by atoms with Crippen LogP contribution in [0.15, 0.2) is 34.2 Å². The number of benzene rings is 1. The lowest BCUT2D eigenvalue weighted by atomic mass is 10.2. The minimum atomic E-state index is 0.845. The van der Waals surface area contributed by atoms with Crippen molar-refractivity contribution >= 4 is 27.7 Å². The van der Waals surface area contributed by atoms with E-state index < -0.39 is 0 Å². The normalized spacial score (nSPS) is 10.5. The van der Waals surface area contributed by atoms with E-state index in [4.69, 9.17) is 4.74 Å². The largest absolute Gasteiger partial charge is 0.496 e. The molecule has 1 heterocycles. The van der Waals surface area contributed by atoms with Crippen molar-refractivity contribution in [2.24, 2.45) is 7.05 Å². The lowest BCUT2D eigenvalue weighted by Gasteiger charge is -2.05. The molecule has 0 aliphatic heterocycles. The van der Waals surface area contributed by atoms with Gasteiger partial charge in [0.15, 0.2) is 5.16 Å². The highest BCUT2D eigenvalue weighted by Crippen LogP contribution is 2.28.